The van der Waals surface area contributed by atoms with Crippen molar-refractivity contribution >= 4 is 0 Å². The summed E-state index contributed by atoms with van der Waals surface area (Å²) < 4.78 is 13.7. The molecule has 0 aliphatic rings. The van der Waals surface area contributed by atoms with Crippen LogP contribution in [0.25, 0.3) is 0 Å². The van der Waals surface area contributed by atoms with Gasteiger partial charge in [0.15, 0.2) is 0 Å². The van der Waals surface area contributed by atoms with Gasteiger partial charge in [-0.15, -0.1) is 0 Å². The quantitative estimate of drug-likeness (QED) is 0.892. The predicted molar refractivity (Wildman–Crippen MR) is 80.3 cm³/mol. The van der Waals surface area contributed by atoms with E-state index < -0.39 is 5.60 Å². The molecule has 0 saturated carbocycles. The minimum Gasteiger partial charge on any atom is -0.389 e. The van der Waals surface area contributed by atoms with Crippen molar-refractivity contribution in [2.75, 3.05) is 0 Å². The van der Waals surface area contributed by atoms with Crippen molar-refractivity contribution in [3.63, 3.8) is 0 Å². The van der Waals surface area contributed by atoms with Gasteiger partial charge < -0.3 is 5.11 Å². The van der Waals surface area contributed by atoms with Crippen LogP contribution in [0.2, 0.25) is 0 Å². The molecular formula is C18H21FO. The van der Waals surface area contributed by atoms with E-state index in [1.165, 1.54) is 17.2 Å². The number of rotatable bonds is 4. The SMILES string of the molecule is Cc1cccc(C)c1CC(C)(O)Cc1ccccc1F. The molecule has 0 bridgehead atoms. The zero-order valence-electron chi connectivity index (χ0n) is 12.3. The highest BCUT2D eigenvalue weighted by atomic mass is 19.1. The largest absolute Gasteiger partial charge is 0.389 e. The third kappa shape index (κ3) is 3.45. The van der Waals surface area contributed by atoms with Crippen LogP contribution in [-0.2, 0) is 12.8 Å². The van der Waals surface area contributed by atoms with E-state index in [9.17, 15) is 9.50 Å². The Morgan fingerprint density at radius 2 is 1.55 bits per heavy atom. The minimum atomic E-state index is -0.959. The molecule has 2 heteroatoms. The molecule has 1 atom stereocenters. The summed E-state index contributed by atoms with van der Waals surface area (Å²) in [6.07, 6.45) is 0.841. The van der Waals surface area contributed by atoms with Crippen molar-refractivity contribution in [3.8, 4) is 0 Å². The monoisotopic (exact) mass is 272 g/mol. The molecule has 1 N–H and O–H groups in total. The molecule has 0 aliphatic carbocycles. The van der Waals surface area contributed by atoms with Crippen LogP contribution < -0.4 is 0 Å². The molecule has 0 aliphatic heterocycles. The van der Waals surface area contributed by atoms with Crippen LogP contribution in [0.5, 0.6) is 0 Å². The van der Waals surface area contributed by atoms with Crippen molar-refractivity contribution in [1.29, 1.82) is 0 Å². The lowest BCUT2D eigenvalue weighted by Crippen LogP contribution is -2.31. The Morgan fingerprint density at radius 3 is 2.15 bits per heavy atom. The molecule has 20 heavy (non-hydrogen) atoms. The van der Waals surface area contributed by atoms with E-state index in [2.05, 4.69) is 0 Å². The summed E-state index contributed by atoms with van der Waals surface area (Å²) in [5, 5.41) is 10.6. The number of aliphatic hydroxyl groups is 1. The molecule has 0 aromatic heterocycles. The average molecular weight is 272 g/mol. The van der Waals surface area contributed by atoms with Gasteiger partial charge in [-0.25, -0.2) is 4.39 Å². The van der Waals surface area contributed by atoms with E-state index in [0.29, 0.717) is 18.4 Å². The van der Waals surface area contributed by atoms with Gasteiger partial charge in [0, 0.05) is 12.8 Å². The number of hydrogen-bond acceptors (Lipinski definition) is 1. The maximum absolute atomic E-state index is 13.7. The van der Waals surface area contributed by atoms with E-state index in [1.807, 2.05) is 32.0 Å². The number of halogens is 1. The van der Waals surface area contributed by atoms with E-state index in [1.54, 1.807) is 25.1 Å². The standard InChI is InChI=1S/C18H21FO/c1-13-7-6-8-14(2)16(13)12-18(3,20)11-15-9-4-5-10-17(15)19/h4-10,20H,11-12H2,1-3H3. The molecule has 0 spiro atoms. The van der Waals surface area contributed by atoms with Crippen LogP contribution in [0.15, 0.2) is 42.5 Å². The van der Waals surface area contributed by atoms with E-state index in [0.717, 1.165) is 5.56 Å². The number of aryl methyl sites for hydroxylation is 2. The Labute approximate surface area is 120 Å². The first-order chi connectivity index (χ1) is 9.39. The Balaban J connectivity index is 2.21. The third-order valence-corrected chi connectivity index (χ3v) is 3.73. The molecule has 0 fully saturated rings. The second-order valence-corrected chi connectivity index (χ2v) is 5.81. The van der Waals surface area contributed by atoms with Crippen LogP contribution in [-0.4, -0.2) is 10.7 Å². The van der Waals surface area contributed by atoms with Gasteiger partial charge in [-0.1, -0.05) is 36.4 Å². The first-order valence-corrected chi connectivity index (χ1v) is 6.90. The molecule has 1 unspecified atom stereocenters. The van der Waals surface area contributed by atoms with E-state index >= 15 is 0 Å². The molecule has 2 aromatic rings. The van der Waals surface area contributed by atoms with Crippen LogP contribution >= 0.6 is 0 Å². The van der Waals surface area contributed by atoms with Gasteiger partial charge in [-0.2, -0.15) is 0 Å². The van der Waals surface area contributed by atoms with Crippen molar-refractivity contribution in [3.05, 3.63) is 70.5 Å². The molecule has 2 rings (SSSR count). The van der Waals surface area contributed by atoms with Crippen LogP contribution in [0.3, 0.4) is 0 Å². The Bertz CT molecular complexity index is 582. The molecule has 1 nitrogen and oxygen atoms in total. The molecule has 0 radical (unpaired) electrons. The van der Waals surface area contributed by atoms with E-state index in [-0.39, 0.29) is 5.82 Å². The molecule has 0 amide bonds. The smallest absolute Gasteiger partial charge is 0.126 e. The Kier molecular flexibility index (Phi) is 4.24. The molecule has 0 saturated heterocycles. The average Bonchev–Trinajstić information content (AvgIpc) is 2.37. The van der Waals surface area contributed by atoms with Crippen molar-refractivity contribution in [1.82, 2.24) is 0 Å². The second-order valence-electron chi connectivity index (χ2n) is 5.81. The highest BCUT2D eigenvalue weighted by Crippen LogP contribution is 2.24. The fourth-order valence-corrected chi connectivity index (χ4v) is 2.62. The first-order valence-electron chi connectivity index (χ1n) is 6.90. The fourth-order valence-electron chi connectivity index (χ4n) is 2.62. The lowest BCUT2D eigenvalue weighted by molar-refractivity contribution is 0.0596. The van der Waals surface area contributed by atoms with E-state index in [4.69, 9.17) is 0 Å². The summed E-state index contributed by atoms with van der Waals surface area (Å²) in [5.41, 5.74) is 3.08. The lowest BCUT2D eigenvalue weighted by Gasteiger charge is -2.25. The molecule has 106 valence electrons. The zero-order valence-corrected chi connectivity index (χ0v) is 12.3. The molecular weight excluding hydrogens is 251 g/mol. The maximum Gasteiger partial charge on any atom is 0.126 e. The fraction of sp³-hybridized carbons (Fsp3) is 0.333. The lowest BCUT2D eigenvalue weighted by atomic mass is 9.86. The normalized spacial score (nSPS) is 14.1. The van der Waals surface area contributed by atoms with Crippen molar-refractivity contribution in [2.45, 2.75) is 39.2 Å². The van der Waals surface area contributed by atoms with Crippen LogP contribution in [0.4, 0.5) is 4.39 Å². The summed E-state index contributed by atoms with van der Waals surface area (Å²) in [5.74, 6) is -0.255. The summed E-state index contributed by atoms with van der Waals surface area (Å²) in [7, 11) is 0. The molecule has 2 aromatic carbocycles. The number of benzene rings is 2. The van der Waals surface area contributed by atoms with Gasteiger partial charge in [0.25, 0.3) is 0 Å². The van der Waals surface area contributed by atoms with Crippen LogP contribution in [0.1, 0.15) is 29.2 Å². The first kappa shape index (κ1) is 14.7. The van der Waals surface area contributed by atoms with Gasteiger partial charge in [-0.05, 0) is 49.1 Å². The van der Waals surface area contributed by atoms with Crippen molar-refractivity contribution < 1.29 is 9.50 Å². The minimum absolute atomic E-state index is 0.255. The summed E-state index contributed by atoms with van der Waals surface area (Å²) in [6.45, 7) is 5.86. The third-order valence-electron chi connectivity index (χ3n) is 3.73. The summed E-state index contributed by atoms with van der Waals surface area (Å²) in [6, 6.07) is 12.7. The Hall–Kier alpha value is -1.67. The van der Waals surface area contributed by atoms with Crippen molar-refractivity contribution in [2.24, 2.45) is 0 Å². The van der Waals surface area contributed by atoms with Gasteiger partial charge in [0.05, 0.1) is 5.60 Å². The topological polar surface area (TPSA) is 20.2 Å². The highest BCUT2D eigenvalue weighted by Gasteiger charge is 2.24. The van der Waals surface area contributed by atoms with Gasteiger partial charge >= 0.3 is 0 Å². The predicted octanol–water partition coefficient (Wildman–Crippen LogP) is 3.98. The van der Waals surface area contributed by atoms with Gasteiger partial charge in [0.2, 0.25) is 0 Å². The van der Waals surface area contributed by atoms with Gasteiger partial charge in [0.1, 0.15) is 5.82 Å². The second kappa shape index (κ2) is 5.76. The highest BCUT2D eigenvalue weighted by molar-refractivity contribution is 5.35. The summed E-state index contributed by atoms with van der Waals surface area (Å²) in [4.78, 5) is 0. The number of hydrogen-bond donors (Lipinski definition) is 1. The molecule has 0 heterocycles. The summed E-state index contributed by atoms with van der Waals surface area (Å²) >= 11 is 0. The maximum atomic E-state index is 13.7. The zero-order chi connectivity index (χ0) is 14.8. The van der Waals surface area contributed by atoms with Crippen LogP contribution in [0, 0.1) is 19.7 Å². The van der Waals surface area contributed by atoms with Gasteiger partial charge in [-0.3, -0.25) is 0 Å². The Morgan fingerprint density at radius 1 is 0.950 bits per heavy atom.